The highest BCUT2D eigenvalue weighted by atomic mass is 32.1. The Hall–Kier alpha value is -3.39. The molecule has 0 aliphatic rings. The summed E-state index contributed by atoms with van der Waals surface area (Å²) in [6, 6.07) is 11.1. The Morgan fingerprint density at radius 2 is 2.15 bits per heavy atom. The predicted octanol–water partition coefficient (Wildman–Crippen LogP) is 4.20. The van der Waals surface area contributed by atoms with Crippen LogP contribution in [0.25, 0.3) is 28.7 Å². The lowest BCUT2D eigenvalue weighted by molar-refractivity contribution is -0.112. The van der Waals surface area contributed by atoms with E-state index in [1.165, 1.54) is 17.4 Å². The lowest BCUT2D eigenvalue weighted by Crippen LogP contribution is -2.07. The van der Waals surface area contributed by atoms with Crippen LogP contribution in [-0.2, 0) is 4.79 Å². The number of anilines is 1. The van der Waals surface area contributed by atoms with E-state index in [9.17, 15) is 4.79 Å². The van der Waals surface area contributed by atoms with Crippen molar-refractivity contribution >= 4 is 40.3 Å². The van der Waals surface area contributed by atoms with Gasteiger partial charge in [-0.15, -0.1) is 16.4 Å². The number of hydrogen-bond donors (Lipinski definition) is 1. The molecule has 130 valence electrons. The van der Waals surface area contributed by atoms with E-state index in [1.807, 2.05) is 29.6 Å². The highest BCUT2D eigenvalue weighted by molar-refractivity contribution is 7.10. The van der Waals surface area contributed by atoms with E-state index in [4.69, 9.17) is 13.6 Å². The summed E-state index contributed by atoms with van der Waals surface area (Å²) >= 11 is 1.54. The zero-order valence-electron chi connectivity index (χ0n) is 13.6. The zero-order valence-corrected chi connectivity index (χ0v) is 14.4. The number of carbonyl (C=O) groups is 1. The summed E-state index contributed by atoms with van der Waals surface area (Å²) in [6.07, 6.45) is 3.12. The molecule has 26 heavy (non-hydrogen) atoms. The van der Waals surface area contributed by atoms with Gasteiger partial charge in [0.2, 0.25) is 0 Å². The molecule has 0 bridgehead atoms. The number of rotatable bonds is 5. The van der Waals surface area contributed by atoms with E-state index in [-0.39, 0.29) is 17.8 Å². The molecule has 0 fully saturated rings. The van der Waals surface area contributed by atoms with Gasteiger partial charge in [0.1, 0.15) is 0 Å². The van der Waals surface area contributed by atoms with Gasteiger partial charge in [-0.05, 0) is 29.7 Å². The maximum Gasteiger partial charge on any atom is 0.322 e. The molecule has 1 amide bonds. The number of methoxy groups -OCH3 is 1. The van der Waals surface area contributed by atoms with Crippen molar-refractivity contribution in [2.45, 2.75) is 0 Å². The second kappa shape index (κ2) is 6.85. The molecule has 0 unspecified atom stereocenters. The number of aromatic nitrogens is 2. The van der Waals surface area contributed by atoms with Crippen molar-refractivity contribution in [3.05, 3.63) is 52.7 Å². The summed E-state index contributed by atoms with van der Waals surface area (Å²) < 4.78 is 16.5. The van der Waals surface area contributed by atoms with Crippen LogP contribution < -0.4 is 10.1 Å². The molecular weight excluding hydrogens is 354 g/mol. The Labute approximate surface area is 151 Å². The van der Waals surface area contributed by atoms with Gasteiger partial charge in [-0.25, -0.2) is 0 Å². The average molecular weight is 367 g/mol. The van der Waals surface area contributed by atoms with Crippen LogP contribution in [-0.4, -0.2) is 23.2 Å². The molecule has 1 N–H and O–H groups in total. The Kier molecular flexibility index (Phi) is 4.24. The lowest BCUT2D eigenvalue weighted by atomic mass is 10.2. The first kappa shape index (κ1) is 16.1. The van der Waals surface area contributed by atoms with Crippen molar-refractivity contribution in [1.82, 2.24) is 10.2 Å². The SMILES string of the molecule is COc1cccc2cc(-c3nnc(NC(=O)/C=C/c4cccs4)o3)oc12. The van der Waals surface area contributed by atoms with Crippen LogP contribution in [0.2, 0.25) is 0 Å². The normalized spacial score (nSPS) is 11.3. The zero-order chi connectivity index (χ0) is 17.9. The Morgan fingerprint density at radius 3 is 2.96 bits per heavy atom. The average Bonchev–Trinajstić information content (AvgIpc) is 3.39. The number of ether oxygens (including phenoxy) is 1. The number of para-hydroxylation sites is 1. The molecule has 0 radical (unpaired) electrons. The molecule has 3 heterocycles. The molecule has 3 aromatic heterocycles. The smallest absolute Gasteiger partial charge is 0.322 e. The number of thiophene rings is 1. The molecular formula is C18H13N3O4S. The summed E-state index contributed by atoms with van der Waals surface area (Å²) in [5, 5.41) is 13.0. The van der Waals surface area contributed by atoms with Crippen LogP contribution in [0.15, 0.2) is 56.7 Å². The number of carbonyl (C=O) groups excluding carboxylic acids is 1. The van der Waals surface area contributed by atoms with Crippen molar-refractivity contribution in [2.24, 2.45) is 0 Å². The van der Waals surface area contributed by atoms with Gasteiger partial charge in [-0.1, -0.05) is 23.3 Å². The van der Waals surface area contributed by atoms with Gasteiger partial charge in [0.15, 0.2) is 17.1 Å². The minimum Gasteiger partial charge on any atom is -0.493 e. The number of amides is 1. The van der Waals surface area contributed by atoms with Gasteiger partial charge in [-0.2, -0.15) is 0 Å². The van der Waals surface area contributed by atoms with Gasteiger partial charge in [0.05, 0.1) is 7.11 Å². The Balaban J connectivity index is 1.52. The fourth-order valence-corrected chi connectivity index (χ4v) is 2.98. The lowest BCUT2D eigenvalue weighted by Gasteiger charge is -1.98. The number of hydrogen-bond acceptors (Lipinski definition) is 7. The number of benzene rings is 1. The van der Waals surface area contributed by atoms with Crippen molar-refractivity contribution < 1.29 is 18.4 Å². The molecule has 0 spiro atoms. The van der Waals surface area contributed by atoms with E-state index in [0.717, 1.165) is 10.3 Å². The molecule has 4 rings (SSSR count). The molecule has 0 atom stereocenters. The monoisotopic (exact) mass is 367 g/mol. The Bertz CT molecular complexity index is 1080. The minimum atomic E-state index is -0.361. The minimum absolute atomic E-state index is 0.00625. The first-order valence-electron chi connectivity index (χ1n) is 7.66. The third-order valence-electron chi connectivity index (χ3n) is 3.54. The highest BCUT2D eigenvalue weighted by Gasteiger charge is 2.16. The van der Waals surface area contributed by atoms with Gasteiger partial charge in [-0.3, -0.25) is 10.1 Å². The quantitative estimate of drug-likeness (QED) is 0.532. The second-order valence-corrected chi connectivity index (χ2v) is 6.22. The summed E-state index contributed by atoms with van der Waals surface area (Å²) in [5.74, 6) is 0.813. The van der Waals surface area contributed by atoms with Crippen LogP contribution in [0.5, 0.6) is 5.75 Å². The molecule has 0 aliphatic carbocycles. The van der Waals surface area contributed by atoms with Crippen LogP contribution in [0.1, 0.15) is 4.88 Å². The highest BCUT2D eigenvalue weighted by Crippen LogP contribution is 2.33. The molecule has 4 aromatic rings. The van der Waals surface area contributed by atoms with Crippen LogP contribution in [0.3, 0.4) is 0 Å². The van der Waals surface area contributed by atoms with Crippen molar-refractivity contribution in [1.29, 1.82) is 0 Å². The second-order valence-electron chi connectivity index (χ2n) is 5.24. The van der Waals surface area contributed by atoms with Gasteiger partial charge in [0.25, 0.3) is 11.8 Å². The topological polar surface area (TPSA) is 90.4 Å². The predicted molar refractivity (Wildman–Crippen MR) is 98.0 cm³/mol. The molecule has 0 saturated carbocycles. The fourth-order valence-electron chi connectivity index (χ4n) is 2.37. The van der Waals surface area contributed by atoms with E-state index in [1.54, 1.807) is 25.3 Å². The largest absolute Gasteiger partial charge is 0.493 e. The van der Waals surface area contributed by atoms with Crippen molar-refractivity contribution in [3.8, 4) is 17.4 Å². The van der Waals surface area contributed by atoms with Gasteiger partial charge < -0.3 is 13.6 Å². The number of nitrogens with one attached hydrogen (secondary N) is 1. The third-order valence-corrected chi connectivity index (χ3v) is 4.37. The van der Waals surface area contributed by atoms with Gasteiger partial charge in [0, 0.05) is 16.3 Å². The van der Waals surface area contributed by atoms with E-state index < -0.39 is 0 Å². The van der Waals surface area contributed by atoms with E-state index in [2.05, 4.69) is 15.5 Å². The first-order valence-corrected chi connectivity index (χ1v) is 8.54. The number of furan rings is 1. The molecule has 0 aliphatic heterocycles. The molecule has 0 saturated heterocycles. The summed E-state index contributed by atoms with van der Waals surface area (Å²) in [4.78, 5) is 12.9. The maximum absolute atomic E-state index is 11.9. The fraction of sp³-hybridized carbons (Fsp3) is 0.0556. The van der Waals surface area contributed by atoms with Crippen LogP contribution in [0.4, 0.5) is 6.01 Å². The summed E-state index contributed by atoms with van der Waals surface area (Å²) in [5.41, 5.74) is 0.590. The first-order chi connectivity index (χ1) is 12.7. The van der Waals surface area contributed by atoms with Crippen molar-refractivity contribution in [2.75, 3.05) is 12.4 Å². The Morgan fingerprint density at radius 1 is 1.23 bits per heavy atom. The van der Waals surface area contributed by atoms with Crippen LogP contribution >= 0.6 is 11.3 Å². The van der Waals surface area contributed by atoms with Crippen molar-refractivity contribution in [3.63, 3.8) is 0 Å². The number of nitrogens with zero attached hydrogens (tertiary/aromatic N) is 2. The van der Waals surface area contributed by atoms with E-state index in [0.29, 0.717) is 17.1 Å². The summed E-state index contributed by atoms with van der Waals surface area (Å²) in [7, 11) is 1.57. The summed E-state index contributed by atoms with van der Waals surface area (Å²) in [6.45, 7) is 0. The van der Waals surface area contributed by atoms with E-state index >= 15 is 0 Å². The van der Waals surface area contributed by atoms with Crippen LogP contribution in [0, 0.1) is 0 Å². The number of fused-ring (bicyclic) bond motifs is 1. The van der Waals surface area contributed by atoms with Gasteiger partial charge >= 0.3 is 6.01 Å². The third kappa shape index (κ3) is 3.22. The molecule has 7 nitrogen and oxygen atoms in total. The maximum atomic E-state index is 11.9. The molecule has 1 aromatic carbocycles. The molecule has 8 heteroatoms. The standard InChI is InChI=1S/C18H13N3O4S/c1-23-13-6-2-4-11-10-14(24-16(11)13)17-20-21-18(25-17)19-15(22)8-7-12-5-3-9-26-12/h2-10H,1H3,(H,19,21,22)/b8-7+.